The fourth-order valence-electron chi connectivity index (χ4n) is 1.97. The molecule has 1 heterocycles. The molecule has 0 radical (unpaired) electrons. The minimum Gasteiger partial charge on any atom is -0.297 e. The molecule has 0 bridgehead atoms. The molecule has 10 heavy (non-hydrogen) atoms. The maximum atomic E-state index is 2.51. The Bertz CT molecular complexity index is 88.9. The van der Waals surface area contributed by atoms with Gasteiger partial charge in [-0.2, -0.15) is 0 Å². The summed E-state index contributed by atoms with van der Waals surface area (Å²) < 4.78 is 0. The second-order valence-corrected chi connectivity index (χ2v) is 3.08. The molecule has 60 valence electrons. The van der Waals surface area contributed by atoms with Crippen LogP contribution in [-0.4, -0.2) is 24.0 Å². The van der Waals surface area contributed by atoms with Crippen LogP contribution >= 0.6 is 0 Å². The minimum atomic E-state index is 1.00. The second kappa shape index (κ2) is 3.38. The summed E-state index contributed by atoms with van der Waals surface area (Å²) >= 11 is 0. The lowest BCUT2D eigenvalue weighted by Crippen LogP contribution is -2.00. The molecule has 0 spiro atoms. The first-order valence-corrected chi connectivity index (χ1v) is 4.61. The van der Waals surface area contributed by atoms with Crippen LogP contribution in [0.4, 0.5) is 0 Å². The number of likely N-dealkylation sites (N-methyl/N-ethyl adjacent to an activating group) is 1. The Labute approximate surface area is 64.4 Å². The van der Waals surface area contributed by atoms with E-state index in [0.29, 0.717) is 0 Å². The molecule has 1 heteroatoms. The summed E-state index contributed by atoms with van der Waals surface area (Å²) in [6, 6.07) is 2.01. The molecular formula is C9H19N. The first-order valence-electron chi connectivity index (χ1n) is 4.61. The molecule has 0 aromatic heterocycles. The third-order valence-corrected chi connectivity index (χ3v) is 2.65. The van der Waals surface area contributed by atoms with E-state index in [4.69, 9.17) is 0 Å². The van der Waals surface area contributed by atoms with Gasteiger partial charge in [-0.15, -0.1) is 0 Å². The summed E-state index contributed by atoms with van der Waals surface area (Å²) in [5, 5.41) is 0. The molecule has 2 fully saturated rings. The van der Waals surface area contributed by atoms with Crippen molar-refractivity contribution in [3.63, 3.8) is 0 Å². The van der Waals surface area contributed by atoms with Gasteiger partial charge in [-0.1, -0.05) is 26.7 Å². The van der Waals surface area contributed by atoms with Gasteiger partial charge in [0.1, 0.15) is 0 Å². The number of rotatable bonds is 0. The van der Waals surface area contributed by atoms with Crippen LogP contribution in [0.2, 0.25) is 0 Å². The Kier molecular flexibility index (Phi) is 2.72. The summed E-state index contributed by atoms with van der Waals surface area (Å²) in [4.78, 5) is 2.51. The van der Waals surface area contributed by atoms with Gasteiger partial charge in [-0.25, -0.2) is 0 Å². The average molecular weight is 141 g/mol. The van der Waals surface area contributed by atoms with Crippen LogP contribution in [0.25, 0.3) is 0 Å². The lowest BCUT2D eigenvalue weighted by atomic mass is 10.0. The molecule has 2 unspecified atom stereocenters. The number of hydrogen-bond acceptors (Lipinski definition) is 1. The molecule has 0 N–H and O–H groups in total. The van der Waals surface area contributed by atoms with Crippen molar-refractivity contribution in [2.45, 2.75) is 51.6 Å². The van der Waals surface area contributed by atoms with E-state index in [-0.39, 0.29) is 0 Å². The fourth-order valence-corrected chi connectivity index (χ4v) is 1.97. The van der Waals surface area contributed by atoms with Crippen molar-refractivity contribution in [3.8, 4) is 0 Å². The Hall–Kier alpha value is -0.0400. The SMILES string of the molecule is CC.CN1C2CCCCC21. The molecule has 2 rings (SSSR count). The molecule has 0 aromatic rings. The van der Waals surface area contributed by atoms with Gasteiger partial charge in [0, 0.05) is 12.1 Å². The summed E-state index contributed by atoms with van der Waals surface area (Å²) in [5.74, 6) is 0. The van der Waals surface area contributed by atoms with Crippen LogP contribution < -0.4 is 0 Å². The molecule has 0 aromatic carbocycles. The van der Waals surface area contributed by atoms with E-state index in [9.17, 15) is 0 Å². The third kappa shape index (κ3) is 1.34. The highest BCUT2D eigenvalue weighted by atomic mass is 15.3. The van der Waals surface area contributed by atoms with Crippen molar-refractivity contribution in [3.05, 3.63) is 0 Å². The highest BCUT2D eigenvalue weighted by Gasteiger charge is 2.44. The Balaban J connectivity index is 0.000000231. The van der Waals surface area contributed by atoms with E-state index in [1.54, 1.807) is 0 Å². The Morgan fingerprint density at radius 1 is 1.00 bits per heavy atom. The molecule has 2 atom stereocenters. The van der Waals surface area contributed by atoms with Crippen LogP contribution in [0, 0.1) is 0 Å². The summed E-state index contributed by atoms with van der Waals surface area (Å²) in [6.45, 7) is 4.00. The van der Waals surface area contributed by atoms with Gasteiger partial charge in [-0.3, -0.25) is 4.90 Å². The van der Waals surface area contributed by atoms with Crippen LogP contribution in [-0.2, 0) is 0 Å². The summed E-state index contributed by atoms with van der Waals surface area (Å²) in [6.07, 6.45) is 5.90. The predicted octanol–water partition coefficient (Wildman–Crippen LogP) is 2.27. The van der Waals surface area contributed by atoms with Crippen molar-refractivity contribution >= 4 is 0 Å². The highest BCUT2D eigenvalue weighted by Crippen LogP contribution is 2.38. The van der Waals surface area contributed by atoms with Gasteiger partial charge in [0.15, 0.2) is 0 Å². The van der Waals surface area contributed by atoms with Crippen LogP contribution in [0.3, 0.4) is 0 Å². The largest absolute Gasteiger partial charge is 0.297 e. The third-order valence-electron chi connectivity index (χ3n) is 2.65. The molecular weight excluding hydrogens is 122 g/mol. The van der Waals surface area contributed by atoms with E-state index in [2.05, 4.69) is 11.9 Å². The fraction of sp³-hybridized carbons (Fsp3) is 1.00. The molecule has 1 saturated carbocycles. The first-order chi connectivity index (χ1) is 4.89. The van der Waals surface area contributed by atoms with Crippen molar-refractivity contribution in [2.24, 2.45) is 0 Å². The Morgan fingerprint density at radius 2 is 1.40 bits per heavy atom. The van der Waals surface area contributed by atoms with E-state index in [0.717, 1.165) is 12.1 Å². The van der Waals surface area contributed by atoms with Gasteiger partial charge < -0.3 is 0 Å². The predicted molar refractivity (Wildman–Crippen MR) is 45.2 cm³/mol. The number of fused-ring (bicyclic) bond motifs is 1. The zero-order chi connectivity index (χ0) is 7.56. The van der Waals surface area contributed by atoms with Gasteiger partial charge in [-0.05, 0) is 19.9 Å². The quantitative estimate of drug-likeness (QED) is 0.468. The van der Waals surface area contributed by atoms with E-state index < -0.39 is 0 Å². The second-order valence-electron chi connectivity index (χ2n) is 3.08. The normalized spacial score (nSPS) is 42.9. The first kappa shape index (κ1) is 8.06. The lowest BCUT2D eigenvalue weighted by molar-refractivity contribution is 0.571. The molecule has 0 amide bonds. The topological polar surface area (TPSA) is 3.01 Å². The average Bonchev–Trinajstić information content (AvgIpc) is 2.68. The molecule has 1 aliphatic heterocycles. The van der Waals surface area contributed by atoms with Crippen LogP contribution in [0.5, 0.6) is 0 Å². The summed E-state index contributed by atoms with van der Waals surface area (Å²) in [5.41, 5.74) is 0. The van der Waals surface area contributed by atoms with Gasteiger partial charge in [0.2, 0.25) is 0 Å². The van der Waals surface area contributed by atoms with E-state index in [1.807, 2.05) is 13.8 Å². The zero-order valence-corrected chi connectivity index (χ0v) is 7.43. The van der Waals surface area contributed by atoms with Crippen molar-refractivity contribution < 1.29 is 0 Å². The monoisotopic (exact) mass is 141 g/mol. The van der Waals surface area contributed by atoms with E-state index in [1.165, 1.54) is 25.7 Å². The standard InChI is InChI=1S/C7H13N.C2H6/c1-8-6-4-2-3-5-7(6)8;1-2/h6-7H,2-5H2,1H3;1-2H3. The zero-order valence-electron chi connectivity index (χ0n) is 7.43. The van der Waals surface area contributed by atoms with Gasteiger partial charge in [0.05, 0.1) is 0 Å². The van der Waals surface area contributed by atoms with Gasteiger partial charge >= 0.3 is 0 Å². The Morgan fingerprint density at radius 3 is 1.70 bits per heavy atom. The van der Waals surface area contributed by atoms with Gasteiger partial charge in [0.25, 0.3) is 0 Å². The molecule has 1 nitrogen and oxygen atoms in total. The molecule has 1 aliphatic carbocycles. The maximum Gasteiger partial charge on any atom is 0.0252 e. The molecule has 2 aliphatic rings. The van der Waals surface area contributed by atoms with Crippen molar-refractivity contribution in [2.75, 3.05) is 7.05 Å². The lowest BCUT2D eigenvalue weighted by Gasteiger charge is -2.02. The number of hydrogen-bond donors (Lipinski definition) is 0. The van der Waals surface area contributed by atoms with Crippen LogP contribution in [0.15, 0.2) is 0 Å². The van der Waals surface area contributed by atoms with E-state index >= 15 is 0 Å². The van der Waals surface area contributed by atoms with Crippen molar-refractivity contribution in [1.82, 2.24) is 4.90 Å². The molecule has 1 saturated heterocycles. The highest BCUT2D eigenvalue weighted by molar-refractivity contribution is 5.01. The van der Waals surface area contributed by atoms with Crippen LogP contribution in [0.1, 0.15) is 39.5 Å². The number of likely N-dealkylation sites (tertiary alicyclic amines) is 1. The minimum absolute atomic E-state index is 1.00. The number of nitrogens with zero attached hydrogens (tertiary/aromatic N) is 1. The van der Waals surface area contributed by atoms with Crippen molar-refractivity contribution in [1.29, 1.82) is 0 Å². The maximum absolute atomic E-state index is 2.51. The smallest absolute Gasteiger partial charge is 0.0252 e. The summed E-state index contributed by atoms with van der Waals surface area (Å²) in [7, 11) is 2.25.